The largest absolute Gasteiger partial charge is 0.497 e. The first-order valence-corrected chi connectivity index (χ1v) is 8.14. The van der Waals surface area contributed by atoms with Gasteiger partial charge in [0, 0.05) is 5.56 Å². The normalized spacial score (nSPS) is 15.7. The summed E-state index contributed by atoms with van der Waals surface area (Å²) in [4.78, 5) is 38.3. The number of methoxy groups -OCH3 is 2. The molecule has 2 aromatic rings. The van der Waals surface area contributed by atoms with Crippen molar-refractivity contribution in [1.29, 1.82) is 0 Å². The van der Waals surface area contributed by atoms with E-state index in [1.54, 1.807) is 42.5 Å². The molecule has 0 bridgehead atoms. The van der Waals surface area contributed by atoms with Crippen LogP contribution in [-0.2, 0) is 9.59 Å². The van der Waals surface area contributed by atoms with E-state index in [0.29, 0.717) is 22.7 Å². The molecule has 0 radical (unpaired) electrons. The summed E-state index contributed by atoms with van der Waals surface area (Å²) in [7, 11) is 2.99. The number of rotatable bonds is 4. The number of amides is 4. The van der Waals surface area contributed by atoms with E-state index in [1.807, 2.05) is 6.92 Å². The smallest absolute Gasteiger partial charge is 0.335 e. The predicted octanol–water partition coefficient (Wildman–Crippen LogP) is 2.68. The fourth-order valence-corrected chi connectivity index (χ4v) is 2.69. The molecule has 3 rings (SSSR count). The second kappa shape index (κ2) is 7.33. The van der Waals surface area contributed by atoms with Crippen molar-refractivity contribution in [2.24, 2.45) is 0 Å². The highest BCUT2D eigenvalue weighted by Crippen LogP contribution is 2.28. The lowest BCUT2D eigenvalue weighted by molar-refractivity contribution is -0.122. The summed E-state index contributed by atoms with van der Waals surface area (Å²) < 4.78 is 10.5. The van der Waals surface area contributed by atoms with Crippen molar-refractivity contribution in [2.45, 2.75) is 6.92 Å². The molecule has 7 heteroatoms. The first-order valence-electron chi connectivity index (χ1n) is 8.14. The number of nitrogens with one attached hydrogen (secondary N) is 1. The summed E-state index contributed by atoms with van der Waals surface area (Å²) in [6.07, 6.45) is 1.38. The Morgan fingerprint density at radius 2 is 1.67 bits per heavy atom. The highest BCUT2D eigenvalue weighted by atomic mass is 16.5. The number of benzene rings is 2. The number of carbonyl (C=O) groups excluding carboxylic acids is 3. The third kappa shape index (κ3) is 3.52. The third-order valence-corrected chi connectivity index (χ3v) is 4.13. The maximum absolute atomic E-state index is 12.9. The Hall–Kier alpha value is -3.61. The fourth-order valence-electron chi connectivity index (χ4n) is 2.69. The van der Waals surface area contributed by atoms with Crippen molar-refractivity contribution in [3.63, 3.8) is 0 Å². The highest BCUT2D eigenvalue weighted by molar-refractivity contribution is 6.39. The Morgan fingerprint density at radius 3 is 2.30 bits per heavy atom. The number of aryl methyl sites for hydroxylation is 1. The van der Waals surface area contributed by atoms with Gasteiger partial charge >= 0.3 is 6.03 Å². The Labute approximate surface area is 156 Å². The number of carbonyl (C=O) groups is 3. The maximum Gasteiger partial charge on any atom is 0.335 e. The van der Waals surface area contributed by atoms with Crippen LogP contribution in [0.2, 0.25) is 0 Å². The van der Waals surface area contributed by atoms with Crippen LogP contribution in [-0.4, -0.2) is 32.1 Å². The minimum Gasteiger partial charge on any atom is -0.497 e. The number of imide groups is 2. The standard InChI is InChI=1S/C20H18N2O5/c1-12-4-6-14(7-5-12)22-19(24)16(18(23)21-20(22)25)11-13-10-15(26-2)8-9-17(13)27-3/h4-11H,1-3H3,(H,21,23,25)/b16-11-. The van der Waals surface area contributed by atoms with Crippen LogP contribution in [0, 0.1) is 6.92 Å². The zero-order chi connectivity index (χ0) is 19.6. The van der Waals surface area contributed by atoms with Gasteiger partial charge in [-0.1, -0.05) is 17.7 Å². The maximum atomic E-state index is 12.9. The molecule has 0 aromatic heterocycles. The van der Waals surface area contributed by atoms with E-state index in [9.17, 15) is 14.4 Å². The molecule has 1 saturated heterocycles. The van der Waals surface area contributed by atoms with Crippen LogP contribution < -0.4 is 19.7 Å². The van der Waals surface area contributed by atoms with Gasteiger partial charge < -0.3 is 9.47 Å². The number of barbiturate groups is 1. The van der Waals surface area contributed by atoms with Gasteiger partial charge in [-0.25, -0.2) is 9.69 Å². The minimum atomic E-state index is -0.788. The Bertz CT molecular complexity index is 947. The summed E-state index contributed by atoms with van der Waals surface area (Å²) >= 11 is 0. The number of ether oxygens (including phenoxy) is 2. The van der Waals surface area contributed by atoms with Crippen LogP contribution in [0.4, 0.5) is 10.5 Å². The predicted molar refractivity (Wildman–Crippen MR) is 99.7 cm³/mol. The van der Waals surface area contributed by atoms with Gasteiger partial charge in [0.1, 0.15) is 17.1 Å². The van der Waals surface area contributed by atoms with Crippen LogP contribution in [0.1, 0.15) is 11.1 Å². The molecule has 7 nitrogen and oxygen atoms in total. The summed E-state index contributed by atoms with van der Waals surface area (Å²) in [6.45, 7) is 1.89. The van der Waals surface area contributed by atoms with Gasteiger partial charge in [-0.15, -0.1) is 0 Å². The lowest BCUT2D eigenvalue weighted by Gasteiger charge is -2.26. The first-order chi connectivity index (χ1) is 12.9. The quantitative estimate of drug-likeness (QED) is 0.664. The van der Waals surface area contributed by atoms with Crippen LogP contribution >= 0.6 is 0 Å². The summed E-state index contributed by atoms with van der Waals surface area (Å²) in [6, 6.07) is 11.1. The van der Waals surface area contributed by atoms with E-state index in [0.717, 1.165) is 10.5 Å². The Morgan fingerprint density at radius 1 is 0.963 bits per heavy atom. The van der Waals surface area contributed by atoms with Gasteiger partial charge in [0.25, 0.3) is 11.8 Å². The van der Waals surface area contributed by atoms with E-state index < -0.39 is 17.8 Å². The molecule has 1 fully saturated rings. The Kier molecular flexibility index (Phi) is 4.94. The number of hydrogen-bond acceptors (Lipinski definition) is 5. The Balaban J connectivity index is 2.05. The molecule has 27 heavy (non-hydrogen) atoms. The number of urea groups is 1. The number of hydrogen-bond donors (Lipinski definition) is 1. The van der Waals surface area contributed by atoms with Gasteiger partial charge in [0.05, 0.1) is 19.9 Å². The van der Waals surface area contributed by atoms with Crippen LogP contribution in [0.15, 0.2) is 48.0 Å². The number of nitrogens with zero attached hydrogens (tertiary/aromatic N) is 1. The summed E-state index contributed by atoms with van der Waals surface area (Å²) in [5.41, 5.74) is 1.66. The van der Waals surface area contributed by atoms with E-state index >= 15 is 0 Å². The van der Waals surface area contributed by atoms with Crippen LogP contribution in [0.25, 0.3) is 6.08 Å². The molecule has 1 aliphatic heterocycles. The topological polar surface area (TPSA) is 84.9 Å². The molecule has 2 aromatic carbocycles. The second-order valence-corrected chi connectivity index (χ2v) is 5.90. The highest BCUT2D eigenvalue weighted by Gasteiger charge is 2.36. The van der Waals surface area contributed by atoms with Crippen LogP contribution in [0.5, 0.6) is 11.5 Å². The molecular weight excluding hydrogens is 348 g/mol. The summed E-state index contributed by atoms with van der Waals surface area (Å²) in [5.74, 6) is -0.476. The van der Waals surface area contributed by atoms with Crippen molar-refractivity contribution in [3.05, 3.63) is 59.2 Å². The molecule has 1 N–H and O–H groups in total. The fraction of sp³-hybridized carbons (Fsp3) is 0.150. The number of anilines is 1. The van der Waals surface area contributed by atoms with Crippen molar-refractivity contribution in [3.8, 4) is 11.5 Å². The van der Waals surface area contributed by atoms with Gasteiger partial charge in [-0.2, -0.15) is 0 Å². The van der Waals surface area contributed by atoms with E-state index in [1.165, 1.54) is 20.3 Å². The van der Waals surface area contributed by atoms with E-state index in [2.05, 4.69) is 5.32 Å². The van der Waals surface area contributed by atoms with Crippen molar-refractivity contribution in [1.82, 2.24) is 5.32 Å². The van der Waals surface area contributed by atoms with E-state index in [-0.39, 0.29) is 5.57 Å². The van der Waals surface area contributed by atoms with Gasteiger partial charge in [0.15, 0.2) is 0 Å². The van der Waals surface area contributed by atoms with Gasteiger partial charge in [-0.3, -0.25) is 14.9 Å². The first kappa shape index (κ1) is 18.2. The molecule has 0 spiro atoms. The van der Waals surface area contributed by atoms with Gasteiger partial charge in [0.2, 0.25) is 0 Å². The molecule has 0 unspecified atom stereocenters. The van der Waals surface area contributed by atoms with Crippen molar-refractivity contribution >= 4 is 29.6 Å². The monoisotopic (exact) mass is 366 g/mol. The lowest BCUT2D eigenvalue weighted by Crippen LogP contribution is -2.54. The molecule has 0 atom stereocenters. The van der Waals surface area contributed by atoms with Gasteiger partial charge in [-0.05, 0) is 43.3 Å². The lowest BCUT2D eigenvalue weighted by atomic mass is 10.1. The van der Waals surface area contributed by atoms with E-state index in [4.69, 9.17) is 9.47 Å². The molecule has 0 aliphatic carbocycles. The zero-order valence-corrected chi connectivity index (χ0v) is 15.1. The average molecular weight is 366 g/mol. The third-order valence-electron chi connectivity index (χ3n) is 4.13. The summed E-state index contributed by atoms with van der Waals surface area (Å²) in [5, 5.41) is 2.20. The molecular formula is C20H18N2O5. The molecule has 0 saturated carbocycles. The molecule has 1 heterocycles. The molecule has 138 valence electrons. The SMILES string of the molecule is COc1ccc(OC)c(/C=C2/C(=O)NC(=O)N(c3ccc(C)cc3)C2=O)c1. The van der Waals surface area contributed by atoms with Crippen molar-refractivity contribution < 1.29 is 23.9 Å². The molecule has 4 amide bonds. The average Bonchev–Trinajstić information content (AvgIpc) is 2.66. The second-order valence-electron chi connectivity index (χ2n) is 5.90. The minimum absolute atomic E-state index is 0.179. The zero-order valence-electron chi connectivity index (χ0n) is 15.1. The van der Waals surface area contributed by atoms with Crippen molar-refractivity contribution in [2.75, 3.05) is 19.1 Å². The molecule has 1 aliphatic rings. The van der Waals surface area contributed by atoms with Crippen LogP contribution in [0.3, 0.4) is 0 Å².